The molecule has 0 aliphatic rings. The maximum Gasteiger partial charge on any atom is 0.166 e. The lowest BCUT2D eigenvalue weighted by molar-refractivity contribution is 0.111. The summed E-state index contributed by atoms with van der Waals surface area (Å²) in [4.78, 5) is 10.6. The van der Waals surface area contributed by atoms with E-state index in [-0.39, 0.29) is 0 Å². The summed E-state index contributed by atoms with van der Waals surface area (Å²) in [5.74, 6) is 0. The molecular formula is C11H17NO2. The number of aryl methyl sites for hydroxylation is 1. The van der Waals surface area contributed by atoms with E-state index in [4.69, 9.17) is 4.74 Å². The average Bonchev–Trinajstić information content (AvgIpc) is 2.65. The van der Waals surface area contributed by atoms with Crippen LogP contribution in [0.4, 0.5) is 0 Å². The van der Waals surface area contributed by atoms with Crippen molar-refractivity contribution in [1.29, 1.82) is 0 Å². The second kappa shape index (κ2) is 6.38. The molecule has 1 aromatic heterocycles. The highest BCUT2D eigenvalue weighted by Crippen LogP contribution is 2.00. The van der Waals surface area contributed by atoms with Crippen molar-refractivity contribution in [1.82, 2.24) is 4.57 Å². The van der Waals surface area contributed by atoms with Crippen molar-refractivity contribution in [2.75, 3.05) is 13.2 Å². The van der Waals surface area contributed by atoms with Gasteiger partial charge in [0.15, 0.2) is 6.29 Å². The second-order valence-corrected chi connectivity index (χ2v) is 3.21. The van der Waals surface area contributed by atoms with Crippen LogP contribution in [0.1, 0.15) is 30.3 Å². The Hall–Kier alpha value is -1.09. The molecule has 1 rings (SSSR count). The molecule has 0 saturated carbocycles. The molecule has 78 valence electrons. The Bertz CT molecular complexity index is 268. The van der Waals surface area contributed by atoms with Gasteiger partial charge < -0.3 is 9.30 Å². The van der Waals surface area contributed by atoms with Gasteiger partial charge in [-0.05, 0) is 25.0 Å². The summed E-state index contributed by atoms with van der Waals surface area (Å²) in [7, 11) is 0. The Morgan fingerprint density at radius 2 is 2.36 bits per heavy atom. The lowest BCUT2D eigenvalue weighted by atomic mass is 10.4. The Morgan fingerprint density at radius 1 is 1.50 bits per heavy atom. The number of aldehydes is 1. The highest BCUT2D eigenvalue weighted by atomic mass is 16.5. The number of nitrogens with zero attached hydrogens (tertiary/aromatic N) is 1. The molecule has 0 unspecified atom stereocenters. The molecule has 0 N–H and O–H groups in total. The van der Waals surface area contributed by atoms with Crippen molar-refractivity contribution in [3.05, 3.63) is 24.0 Å². The van der Waals surface area contributed by atoms with Gasteiger partial charge in [0, 0.05) is 26.0 Å². The summed E-state index contributed by atoms with van der Waals surface area (Å²) in [5.41, 5.74) is 0.737. The SMILES string of the molecule is CCCOCCCn1cccc1C=O. The van der Waals surface area contributed by atoms with E-state index in [1.165, 1.54) is 0 Å². The third kappa shape index (κ3) is 3.34. The van der Waals surface area contributed by atoms with Crippen LogP contribution < -0.4 is 0 Å². The summed E-state index contributed by atoms with van der Waals surface area (Å²) >= 11 is 0. The summed E-state index contributed by atoms with van der Waals surface area (Å²) in [6, 6.07) is 3.70. The van der Waals surface area contributed by atoms with Crippen molar-refractivity contribution in [3.63, 3.8) is 0 Å². The predicted molar refractivity (Wildman–Crippen MR) is 55.5 cm³/mol. The van der Waals surface area contributed by atoms with Crippen molar-refractivity contribution in [2.24, 2.45) is 0 Å². The van der Waals surface area contributed by atoms with Gasteiger partial charge in [0.05, 0.1) is 5.69 Å². The van der Waals surface area contributed by atoms with Crippen LogP contribution in [-0.4, -0.2) is 24.1 Å². The molecule has 0 radical (unpaired) electrons. The molecular weight excluding hydrogens is 178 g/mol. The van der Waals surface area contributed by atoms with E-state index in [9.17, 15) is 4.79 Å². The summed E-state index contributed by atoms with van der Waals surface area (Å²) in [6.45, 7) is 4.54. The number of hydrogen-bond acceptors (Lipinski definition) is 2. The maximum absolute atomic E-state index is 10.6. The number of aromatic nitrogens is 1. The van der Waals surface area contributed by atoms with Gasteiger partial charge in [-0.25, -0.2) is 0 Å². The Morgan fingerprint density at radius 3 is 3.07 bits per heavy atom. The van der Waals surface area contributed by atoms with Crippen LogP contribution in [0.3, 0.4) is 0 Å². The van der Waals surface area contributed by atoms with E-state index < -0.39 is 0 Å². The van der Waals surface area contributed by atoms with Crippen LogP contribution in [0.25, 0.3) is 0 Å². The molecule has 0 saturated heterocycles. The molecule has 0 amide bonds. The summed E-state index contributed by atoms with van der Waals surface area (Å²) < 4.78 is 7.30. The Labute approximate surface area is 84.7 Å². The maximum atomic E-state index is 10.6. The van der Waals surface area contributed by atoms with Gasteiger partial charge in [-0.2, -0.15) is 0 Å². The molecule has 1 heterocycles. The first-order chi connectivity index (χ1) is 6.88. The number of hydrogen-bond donors (Lipinski definition) is 0. The van der Waals surface area contributed by atoms with Gasteiger partial charge >= 0.3 is 0 Å². The standard InChI is InChI=1S/C11H17NO2/c1-2-8-14-9-4-7-12-6-3-5-11(12)10-13/h3,5-6,10H,2,4,7-9H2,1H3. The molecule has 0 aliphatic carbocycles. The van der Waals surface area contributed by atoms with Gasteiger partial charge in [0.25, 0.3) is 0 Å². The fourth-order valence-corrected chi connectivity index (χ4v) is 1.32. The Kier molecular flexibility index (Phi) is 5.00. The molecule has 0 spiro atoms. The zero-order valence-electron chi connectivity index (χ0n) is 8.61. The molecule has 3 heteroatoms. The summed E-state index contributed by atoms with van der Waals surface area (Å²) in [6.07, 6.45) is 4.81. The lowest BCUT2D eigenvalue weighted by Crippen LogP contribution is -2.04. The van der Waals surface area contributed by atoms with Gasteiger partial charge in [0.1, 0.15) is 0 Å². The summed E-state index contributed by atoms with van der Waals surface area (Å²) in [5, 5.41) is 0. The van der Waals surface area contributed by atoms with Crippen LogP contribution in [-0.2, 0) is 11.3 Å². The van der Waals surface area contributed by atoms with Crippen LogP contribution in [0.5, 0.6) is 0 Å². The minimum absolute atomic E-state index is 0.737. The van der Waals surface area contributed by atoms with Crippen LogP contribution in [0, 0.1) is 0 Å². The number of ether oxygens (including phenoxy) is 1. The van der Waals surface area contributed by atoms with Crippen molar-refractivity contribution in [2.45, 2.75) is 26.3 Å². The molecule has 0 bridgehead atoms. The first-order valence-electron chi connectivity index (χ1n) is 5.06. The van der Waals surface area contributed by atoms with Crippen molar-refractivity contribution in [3.8, 4) is 0 Å². The first-order valence-corrected chi connectivity index (χ1v) is 5.06. The second-order valence-electron chi connectivity index (χ2n) is 3.21. The highest BCUT2D eigenvalue weighted by molar-refractivity contribution is 5.72. The van der Waals surface area contributed by atoms with Gasteiger partial charge in [0.2, 0.25) is 0 Å². The smallest absolute Gasteiger partial charge is 0.166 e. The normalized spacial score (nSPS) is 10.4. The Balaban J connectivity index is 2.21. The van der Waals surface area contributed by atoms with E-state index >= 15 is 0 Å². The topological polar surface area (TPSA) is 31.2 Å². The molecule has 1 aromatic rings. The number of carbonyl (C=O) groups is 1. The largest absolute Gasteiger partial charge is 0.381 e. The highest BCUT2D eigenvalue weighted by Gasteiger charge is 1.97. The number of rotatable bonds is 7. The third-order valence-electron chi connectivity index (χ3n) is 2.02. The van der Waals surface area contributed by atoms with Crippen LogP contribution in [0.15, 0.2) is 18.3 Å². The first kappa shape index (κ1) is 11.0. The van der Waals surface area contributed by atoms with Crippen LogP contribution >= 0.6 is 0 Å². The average molecular weight is 195 g/mol. The van der Waals surface area contributed by atoms with E-state index in [1.807, 2.05) is 22.9 Å². The quantitative estimate of drug-likeness (QED) is 0.493. The molecule has 14 heavy (non-hydrogen) atoms. The fourth-order valence-electron chi connectivity index (χ4n) is 1.32. The van der Waals surface area contributed by atoms with E-state index in [0.29, 0.717) is 0 Å². The van der Waals surface area contributed by atoms with Crippen molar-refractivity contribution >= 4 is 6.29 Å². The molecule has 0 atom stereocenters. The lowest BCUT2D eigenvalue weighted by Gasteiger charge is -2.05. The van der Waals surface area contributed by atoms with Gasteiger partial charge in [-0.1, -0.05) is 6.92 Å². The molecule has 0 fully saturated rings. The van der Waals surface area contributed by atoms with E-state index in [1.54, 1.807) is 0 Å². The van der Waals surface area contributed by atoms with Crippen LogP contribution in [0.2, 0.25) is 0 Å². The van der Waals surface area contributed by atoms with Gasteiger partial charge in [-0.3, -0.25) is 4.79 Å². The zero-order chi connectivity index (χ0) is 10.2. The molecule has 0 aromatic carbocycles. The minimum atomic E-state index is 0.737. The zero-order valence-corrected chi connectivity index (χ0v) is 8.61. The monoisotopic (exact) mass is 195 g/mol. The molecule has 3 nitrogen and oxygen atoms in total. The van der Waals surface area contributed by atoms with E-state index in [2.05, 4.69) is 6.92 Å². The van der Waals surface area contributed by atoms with E-state index in [0.717, 1.165) is 44.6 Å². The third-order valence-corrected chi connectivity index (χ3v) is 2.02. The van der Waals surface area contributed by atoms with Crippen molar-refractivity contribution < 1.29 is 9.53 Å². The predicted octanol–water partition coefficient (Wildman–Crippen LogP) is 2.12. The van der Waals surface area contributed by atoms with Gasteiger partial charge in [-0.15, -0.1) is 0 Å². The minimum Gasteiger partial charge on any atom is -0.381 e. The molecule has 0 aliphatic heterocycles. The fraction of sp³-hybridized carbons (Fsp3) is 0.545. The number of carbonyl (C=O) groups excluding carboxylic acids is 1.